The van der Waals surface area contributed by atoms with Crippen molar-refractivity contribution in [1.29, 1.82) is 0 Å². The van der Waals surface area contributed by atoms with Crippen LogP contribution in [0.1, 0.15) is 57.4 Å². The second-order valence-electron chi connectivity index (χ2n) is 9.15. The summed E-state index contributed by atoms with van der Waals surface area (Å²) in [6, 6.07) is 5.64. The minimum Gasteiger partial charge on any atom is -0.393 e. The van der Waals surface area contributed by atoms with E-state index in [0.717, 1.165) is 37.7 Å². The zero-order valence-corrected chi connectivity index (χ0v) is 18.5. The Morgan fingerprint density at radius 3 is 2.70 bits per heavy atom. The summed E-state index contributed by atoms with van der Waals surface area (Å²) in [5.41, 5.74) is 2.09. The number of hydrogen-bond acceptors (Lipinski definition) is 4. The zero-order chi connectivity index (χ0) is 22.4. The molecule has 3 aliphatic carbocycles. The van der Waals surface area contributed by atoms with Crippen LogP contribution in [0.2, 0.25) is 0 Å². The Balaban J connectivity index is 1.56. The molecule has 2 fully saturated rings. The SMILES string of the molecule is [2H][C@]1(O)CC[C@H]2[C@@H]3CCc4cc(OS(=O)(=O)N(CC=C)CC=C)ccc4[C@H]3CC[C@@]21C. The van der Waals surface area contributed by atoms with E-state index in [0.29, 0.717) is 29.9 Å². The topological polar surface area (TPSA) is 66.8 Å². The fourth-order valence-corrected chi connectivity index (χ4v) is 7.15. The van der Waals surface area contributed by atoms with E-state index in [2.05, 4.69) is 20.1 Å². The summed E-state index contributed by atoms with van der Waals surface area (Å²) in [5, 5.41) is 10.7. The molecular weight excluding hydrogens is 398 g/mol. The van der Waals surface area contributed by atoms with Gasteiger partial charge in [-0.1, -0.05) is 25.1 Å². The smallest absolute Gasteiger partial charge is 0.385 e. The third kappa shape index (κ3) is 3.63. The first-order valence-corrected chi connectivity index (χ1v) is 12.3. The van der Waals surface area contributed by atoms with Gasteiger partial charge in [0.15, 0.2) is 0 Å². The summed E-state index contributed by atoms with van der Waals surface area (Å²) in [7, 11) is -3.94. The maximum Gasteiger partial charge on any atom is 0.385 e. The minimum atomic E-state index is -3.94. The summed E-state index contributed by atoms with van der Waals surface area (Å²) < 4.78 is 40.4. The van der Waals surface area contributed by atoms with Crippen molar-refractivity contribution in [2.45, 2.75) is 57.4 Å². The summed E-state index contributed by atoms with van der Waals surface area (Å²) in [5.74, 6) is 1.57. The normalized spacial score (nSPS) is 35.7. The van der Waals surface area contributed by atoms with E-state index in [1.807, 2.05) is 12.1 Å². The van der Waals surface area contributed by atoms with Gasteiger partial charge in [0.1, 0.15) is 5.75 Å². The molecule has 0 saturated heterocycles. The van der Waals surface area contributed by atoms with Gasteiger partial charge in [-0.3, -0.25) is 0 Å². The van der Waals surface area contributed by atoms with Crippen LogP contribution in [0.4, 0.5) is 0 Å². The average molecular weight is 433 g/mol. The lowest BCUT2D eigenvalue weighted by Gasteiger charge is -2.50. The first-order valence-electron chi connectivity index (χ1n) is 11.4. The van der Waals surface area contributed by atoms with Crippen molar-refractivity contribution in [1.82, 2.24) is 4.31 Å². The summed E-state index contributed by atoms with van der Waals surface area (Å²) >= 11 is 0. The lowest BCUT2D eigenvalue weighted by atomic mass is 9.55. The van der Waals surface area contributed by atoms with Crippen molar-refractivity contribution in [3.63, 3.8) is 0 Å². The molecule has 5 nitrogen and oxygen atoms in total. The molecule has 0 unspecified atom stereocenters. The molecule has 1 aromatic rings. The van der Waals surface area contributed by atoms with E-state index < -0.39 is 16.4 Å². The molecule has 0 amide bonds. The van der Waals surface area contributed by atoms with Gasteiger partial charge in [0, 0.05) is 13.1 Å². The first kappa shape index (κ1) is 20.3. The van der Waals surface area contributed by atoms with Crippen molar-refractivity contribution in [2.24, 2.45) is 17.3 Å². The molecule has 164 valence electrons. The molecule has 0 radical (unpaired) electrons. The number of aliphatic hydroxyl groups is 1. The van der Waals surface area contributed by atoms with Crippen LogP contribution in [-0.4, -0.2) is 37.0 Å². The van der Waals surface area contributed by atoms with E-state index in [-0.39, 0.29) is 18.5 Å². The van der Waals surface area contributed by atoms with Gasteiger partial charge in [-0.25, -0.2) is 0 Å². The molecule has 0 heterocycles. The van der Waals surface area contributed by atoms with Crippen LogP contribution in [0.5, 0.6) is 5.75 Å². The number of aryl methyl sites for hydroxylation is 1. The molecule has 1 N–H and O–H groups in total. The Morgan fingerprint density at radius 2 is 2.00 bits per heavy atom. The number of rotatable bonds is 7. The van der Waals surface area contributed by atoms with E-state index in [4.69, 9.17) is 5.55 Å². The van der Waals surface area contributed by atoms with E-state index in [9.17, 15) is 13.5 Å². The summed E-state index contributed by atoms with van der Waals surface area (Å²) in [6.45, 7) is 9.64. The van der Waals surface area contributed by atoms with Crippen LogP contribution >= 0.6 is 0 Å². The highest BCUT2D eigenvalue weighted by Crippen LogP contribution is 2.60. The number of nitrogens with zero attached hydrogens (tertiary/aromatic N) is 1. The Hall–Kier alpha value is -1.63. The molecule has 1 aromatic carbocycles. The molecule has 0 aromatic heterocycles. The Bertz CT molecular complexity index is 966. The van der Waals surface area contributed by atoms with Crippen molar-refractivity contribution >= 4 is 10.3 Å². The van der Waals surface area contributed by atoms with E-state index in [1.165, 1.54) is 22.0 Å². The van der Waals surface area contributed by atoms with Crippen LogP contribution in [-0.2, 0) is 16.7 Å². The monoisotopic (exact) mass is 432 g/mol. The van der Waals surface area contributed by atoms with Gasteiger partial charge in [0.2, 0.25) is 0 Å². The van der Waals surface area contributed by atoms with E-state index >= 15 is 0 Å². The molecule has 30 heavy (non-hydrogen) atoms. The van der Waals surface area contributed by atoms with E-state index in [1.54, 1.807) is 6.07 Å². The molecule has 0 aliphatic heterocycles. The van der Waals surface area contributed by atoms with Crippen molar-refractivity contribution < 1.29 is 19.1 Å². The third-order valence-corrected chi connectivity index (χ3v) is 8.96. The molecule has 0 bridgehead atoms. The van der Waals surface area contributed by atoms with Crippen molar-refractivity contribution in [3.8, 4) is 5.75 Å². The van der Waals surface area contributed by atoms with Crippen LogP contribution in [0.25, 0.3) is 0 Å². The molecule has 5 atom stereocenters. The maximum absolute atomic E-state index is 12.7. The van der Waals surface area contributed by atoms with Gasteiger partial charge >= 0.3 is 10.3 Å². The number of benzene rings is 1. The molecule has 3 aliphatic rings. The highest BCUT2D eigenvalue weighted by Gasteiger charge is 2.54. The van der Waals surface area contributed by atoms with Crippen LogP contribution < -0.4 is 4.18 Å². The van der Waals surface area contributed by atoms with Crippen molar-refractivity contribution in [3.05, 3.63) is 54.6 Å². The molecule has 2 saturated carbocycles. The lowest BCUT2D eigenvalue weighted by molar-refractivity contribution is -0.0226. The first-order chi connectivity index (χ1) is 14.6. The number of hydrogen-bond donors (Lipinski definition) is 1. The second-order valence-corrected chi connectivity index (χ2v) is 10.7. The minimum absolute atomic E-state index is 0.158. The quantitative estimate of drug-likeness (QED) is 0.656. The fraction of sp³-hybridized carbons (Fsp3) is 0.583. The maximum atomic E-state index is 12.7. The summed E-state index contributed by atoms with van der Waals surface area (Å²) in [4.78, 5) is 0. The highest BCUT2D eigenvalue weighted by molar-refractivity contribution is 7.84. The van der Waals surface area contributed by atoms with Crippen LogP contribution in [0.15, 0.2) is 43.5 Å². The molecule has 0 spiro atoms. The fourth-order valence-electron chi connectivity index (χ4n) is 6.12. The van der Waals surface area contributed by atoms with Gasteiger partial charge in [-0.05, 0) is 85.0 Å². The molecule has 4 rings (SSSR count). The van der Waals surface area contributed by atoms with Gasteiger partial charge in [0.25, 0.3) is 0 Å². The van der Waals surface area contributed by atoms with Gasteiger partial charge < -0.3 is 9.29 Å². The second kappa shape index (κ2) is 8.13. The predicted octanol–water partition coefficient (Wildman–Crippen LogP) is 4.20. The largest absolute Gasteiger partial charge is 0.393 e. The summed E-state index contributed by atoms with van der Waals surface area (Å²) in [6.07, 6.45) is 6.86. The van der Waals surface area contributed by atoms with Crippen molar-refractivity contribution in [2.75, 3.05) is 13.1 Å². The van der Waals surface area contributed by atoms with Gasteiger partial charge in [-0.15, -0.1) is 13.2 Å². The molecule has 6 heteroatoms. The lowest BCUT2D eigenvalue weighted by Crippen LogP contribution is -2.43. The zero-order valence-electron chi connectivity index (χ0n) is 18.7. The Labute approximate surface area is 182 Å². The van der Waals surface area contributed by atoms with Gasteiger partial charge in [0.05, 0.1) is 7.45 Å². The van der Waals surface area contributed by atoms with Gasteiger partial charge in [-0.2, -0.15) is 12.7 Å². The molecular formula is C24H33NO4S. The van der Waals surface area contributed by atoms with Crippen LogP contribution in [0.3, 0.4) is 0 Å². The Morgan fingerprint density at radius 1 is 1.27 bits per heavy atom. The predicted molar refractivity (Wildman–Crippen MR) is 119 cm³/mol. The third-order valence-electron chi connectivity index (χ3n) is 7.62. The van der Waals surface area contributed by atoms with Crippen LogP contribution in [0, 0.1) is 17.3 Å². The standard InChI is InChI=1S/C24H33NO4S/c1-4-14-25(15-5-2)30(27,28)29-18-7-9-19-17(16-18)6-8-21-20(19)12-13-24(3)22(21)10-11-23(24)26/h4-5,7,9,16,20-23,26H,1-2,6,8,10-15H2,3H3/t20-,21-,22+,23+,24+/m1/s1/i23D. The highest BCUT2D eigenvalue weighted by atomic mass is 32.2. The number of fused-ring (bicyclic) bond motifs is 5. The average Bonchev–Trinajstić information content (AvgIpc) is 2.96. The Kier molecular flexibility index (Phi) is 5.50.